The number of nitrogens with zero attached hydrogens (tertiary/aromatic N) is 4. The highest BCUT2D eigenvalue weighted by Gasteiger charge is 2.22. The first-order chi connectivity index (χ1) is 10.8. The maximum atomic E-state index is 12.0. The molecule has 1 atom stereocenters. The summed E-state index contributed by atoms with van der Waals surface area (Å²) in [6.45, 7) is 3.65. The molecule has 1 aliphatic heterocycles. The minimum Gasteiger partial charge on any atom is -0.467 e. The van der Waals surface area contributed by atoms with Gasteiger partial charge in [-0.15, -0.1) is 0 Å². The van der Waals surface area contributed by atoms with Crippen LogP contribution in [0, 0.1) is 5.92 Å². The molecule has 1 saturated heterocycles. The van der Waals surface area contributed by atoms with E-state index in [1.165, 1.54) is 6.42 Å². The van der Waals surface area contributed by atoms with Gasteiger partial charge in [0.15, 0.2) is 0 Å². The Balaban J connectivity index is 1.42. The number of piperidine rings is 1. The molecule has 2 aromatic heterocycles. The molecule has 0 saturated carbocycles. The maximum Gasteiger partial charge on any atom is 0.234 e. The molecular weight excluding hydrogens is 282 g/mol. The minimum absolute atomic E-state index is 0.0396. The van der Waals surface area contributed by atoms with Crippen LogP contribution in [0.3, 0.4) is 0 Å². The highest BCUT2D eigenvalue weighted by atomic mass is 16.3. The van der Waals surface area contributed by atoms with Gasteiger partial charge in [-0.25, -0.2) is 4.98 Å². The van der Waals surface area contributed by atoms with Crippen molar-refractivity contribution in [2.24, 2.45) is 5.92 Å². The van der Waals surface area contributed by atoms with Crippen molar-refractivity contribution in [3.63, 3.8) is 0 Å². The van der Waals surface area contributed by atoms with E-state index in [0.717, 1.165) is 31.8 Å². The largest absolute Gasteiger partial charge is 0.467 e. The van der Waals surface area contributed by atoms with Gasteiger partial charge in [0.2, 0.25) is 5.91 Å². The van der Waals surface area contributed by atoms with Gasteiger partial charge in [-0.2, -0.15) is 5.10 Å². The topological polar surface area (TPSA) is 76.2 Å². The third-order valence-electron chi connectivity index (χ3n) is 3.92. The zero-order chi connectivity index (χ0) is 15.2. The number of likely N-dealkylation sites (tertiary alicyclic amines) is 1. The maximum absolute atomic E-state index is 12.0. The average molecular weight is 303 g/mol. The van der Waals surface area contributed by atoms with Crippen LogP contribution in [0.1, 0.15) is 18.6 Å². The van der Waals surface area contributed by atoms with Crippen molar-refractivity contribution in [1.29, 1.82) is 0 Å². The summed E-state index contributed by atoms with van der Waals surface area (Å²) < 4.78 is 7.07. The van der Waals surface area contributed by atoms with Crippen LogP contribution >= 0.6 is 0 Å². The lowest BCUT2D eigenvalue weighted by Crippen LogP contribution is -2.43. The fraction of sp³-hybridized carbons (Fsp3) is 0.533. The van der Waals surface area contributed by atoms with E-state index in [0.29, 0.717) is 19.0 Å². The van der Waals surface area contributed by atoms with Gasteiger partial charge in [-0.1, -0.05) is 0 Å². The quantitative estimate of drug-likeness (QED) is 0.858. The van der Waals surface area contributed by atoms with Crippen molar-refractivity contribution in [3.8, 4) is 0 Å². The Kier molecular flexibility index (Phi) is 4.85. The molecule has 0 unspecified atom stereocenters. The van der Waals surface area contributed by atoms with Crippen LogP contribution in [-0.4, -0.2) is 45.2 Å². The first kappa shape index (κ1) is 14.8. The summed E-state index contributed by atoms with van der Waals surface area (Å²) >= 11 is 0. The van der Waals surface area contributed by atoms with E-state index in [2.05, 4.69) is 20.3 Å². The van der Waals surface area contributed by atoms with Gasteiger partial charge in [0.05, 0.1) is 19.4 Å². The summed E-state index contributed by atoms with van der Waals surface area (Å²) in [5.41, 5.74) is 0. The molecule has 3 rings (SSSR count). The summed E-state index contributed by atoms with van der Waals surface area (Å²) in [6.07, 6.45) is 7.20. The Bertz CT molecular complexity index is 567. The van der Waals surface area contributed by atoms with Crippen molar-refractivity contribution in [1.82, 2.24) is 25.0 Å². The van der Waals surface area contributed by atoms with Crippen molar-refractivity contribution in [2.45, 2.75) is 25.9 Å². The van der Waals surface area contributed by atoms with Crippen molar-refractivity contribution in [3.05, 3.63) is 36.8 Å². The van der Waals surface area contributed by atoms with Crippen LogP contribution in [0.15, 0.2) is 35.5 Å². The molecule has 1 fully saturated rings. The fourth-order valence-corrected chi connectivity index (χ4v) is 2.89. The second-order valence-corrected chi connectivity index (χ2v) is 5.72. The lowest BCUT2D eigenvalue weighted by atomic mass is 9.98. The molecule has 118 valence electrons. The molecule has 1 aliphatic rings. The number of hydrogen-bond acceptors (Lipinski definition) is 5. The summed E-state index contributed by atoms with van der Waals surface area (Å²) in [5.74, 6) is 1.34. The van der Waals surface area contributed by atoms with Crippen molar-refractivity contribution >= 4 is 5.91 Å². The van der Waals surface area contributed by atoms with E-state index in [4.69, 9.17) is 4.42 Å². The van der Waals surface area contributed by atoms with E-state index < -0.39 is 0 Å². The summed E-state index contributed by atoms with van der Waals surface area (Å²) in [7, 11) is 0. The van der Waals surface area contributed by atoms with Crippen LogP contribution in [0.4, 0.5) is 0 Å². The van der Waals surface area contributed by atoms with Crippen LogP contribution in [-0.2, 0) is 17.9 Å². The third kappa shape index (κ3) is 4.17. The molecule has 7 nitrogen and oxygen atoms in total. The number of nitrogens with one attached hydrogen (secondary N) is 1. The Morgan fingerprint density at radius 1 is 1.50 bits per heavy atom. The molecule has 1 N–H and O–H groups in total. The molecule has 0 bridgehead atoms. The number of aromatic nitrogens is 3. The highest BCUT2D eigenvalue weighted by Crippen LogP contribution is 2.17. The third-order valence-corrected chi connectivity index (χ3v) is 3.92. The lowest BCUT2D eigenvalue weighted by molar-refractivity contribution is -0.122. The standard InChI is InChI=1S/C15H21N5O2/c21-15(17-7-14-4-2-6-22-14)10-19-5-1-3-13(8-19)9-20-12-16-11-18-20/h2,4,6,11-13H,1,3,5,7-10H2,(H,17,21)/t13-/m1/s1. The number of furan rings is 1. The monoisotopic (exact) mass is 303 g/mol. The molecule has 0 radical (unpaired) electrons. The van der Waals surface area contributed by atoms with Crippen molar-refractivity contribution in [2.75, 3.05) is 19.6 Å². The lowest BCUT2D eigenvalue weighted by Gasteiger charge is -2.32. The van der Waals surface area contributed by atoms with E-state index in [1.54, 1.807) is 18.9 Å². The molecule has 0 spiro atoms. The summed E-state index contributed by atoms with van der Waals surface area (Å²) in [5, 5.41) is 7.04. The van der Waals surface area contributed by atoms with Gasteiger partial charge in [-0.3, -0.25) is 14.4 Å². The van der Waals surface area contributed by atoms with Gasteiger partial charge in [0.1, 0.15) is 18.4 Å². The normalized spacial score (nSPS) is 19.2. The van der Waals surface area contributed by atoms with E-state index in [1.807, 2.05) is 16.8 Å². The fourth-order valence-electron chi connectivity index (χ4n) is 2.89. The molecule has 0 aromatic carbocycles. The summed E-state index contributed by atoms with van der Waals surface area (Å²) in [6, 6.07) is 3.68. The van der Waals surface area contributed by atoms with Crippen LogP contribution in [0.5, 0.6) is 0 Å². The van der Waals surface area contributed by atoms with E-state index >= 15 is 0 Å². The van der Waals surface area contributed by atoms with Crippen LogP contribution in [0.2, 0.25) is 0 Å². The first-order valence-electron chi connectivity index (χ1n) is 7.63. The number of amides is 1. The van der Waals surface area contributed by atoms with Crippen LogP contribution < -0.4 is 5.32 Å². The highest BCUT2D eigenvalue weighted by molar-refractivity contribution is 5.77. The Morgan fingerprint density at radius 2 is 2.45 bits per heavy atom. The zero-order valence-corrected chi connectivity index (χ0v) is 12.5. The molecule has 7 heteroatoms. The van der Waals surface area contributed by atoms with Gasteiger partial charge >= 0.3 is 0 Å². The predicted octanol–water partition coefficient (Wildman–Crippen LogP) is 0.900. The number of rotatable bonds is 6. The van der Waals surface area contributed by atoms with E-state index in [9.17, 15) is 4.79 Å². The molecule has 0 aliphatic carbocycles. The number of carbonyl (C=O) groups excluding carboxylic acids is 1. The van der Waals surface area contributed by atoms with Crippen LogP contribution in [0.25, 0.3) is 0 Å². The SMILES string of the molecule is O=C(CN1CCC[C@@H](Cn2cncn2)C1)NCc1ccco1. The zero-order valence-electron chi connectivity index (χ0n) is 12.5. The molecule has 22 heavy (non-hydrogen) atoms. The van der Waals surface area contributed by atoms with E-state index in [-0.39, 0.29) is 5.91 Å². The molecule has 3 heterocycles. The average Bonchev–Trinajstić information content (AvgIpc) is 3.19. The second kappa shape index (κ2) is 7.22. The van der Waals surface area contributed by atoms with Crippen molar-refractivity contribution < 1.29 is 9.21 Å². The molecule has 2 aromatic rings. The number of carbonyl (C=O) groups is 1. The molecular formula is C15H21N5O2. The van der Waals surface area contributed by atoms with Gasteiger partial charge in [-0.05, 0) is 37.4 Å². The second-order valence-electron chi connectivity index (χ2n) is 5.72. The predicted molar refractivity (Wildman–Crippen MR) is 79.7 cm³/mol. The minimum atomic E-state index is 0.0396. The smallest absolute Gasteiger partial charge is 0.234 e. The summed E-state index contributed by atoms with van der Waals surface area (Å²) in [4.78, 5) is 18.2. The number of hydrogen-bond donors (Lipinski definition) is 1. The van der Waals surface area contributed by atoms with Gasteiger partial charge in [0.25, 0.3) is 0 Å². The Morgan fingerprint density at radius 3 is 3.23 bits per heavy atom. The Hall–Kier alpha value is -2.15. The molecule has 1 amide bonds. The Labute approximate surface area is 129 Å². The first-order valence-corrected chi connectivity index (χ1v) is 7.63. The van der Waals surface area contributed by atoms with Gasteiger partial charge in [0, 0.05) is 13.1 Å². The van der Waals surface area contributed by atoms with Gasteiger partial charge < -0.3 is 9.73 Å².